The van der Waals surface area contributed by atoms with Crippen LogP contribution in [0.1, 0.15) is 5.69 Å². The molecular weight excluding hydrogens is 315 g/mol. The van der Waals surface area contributed by atoms with Crippen LogP contribution in [0.2, 0.25) is 0 Å². The Morgan fingerprint density at radius 2 is 2.16 bits per heavy atom. The van der Waals surface area contributed by atoms with Crippen LogP contribution in [-0.4, -0.2) is 19.6 Å². The van der Waals surface area contributed by atoms with E-state index in [1.807, 2.05) is 6.92 Å². The monoisotopic (exact) mass is 322 g/mol. The minimum Gasteiger partial charge on any atom is -0.438 e. The summed E-state index contributed by atoms with van der Waals surface area (Å²) in [5, 5.41) is 4.03. The smallest absolute Gasteiger partial charge is 0.255 e. The lowest BCUT2D eigenvalue weighted by Crippen LogP contribution is -1.99. The molecule has 3 rings (SSSR count). The van der Waals surface area contributed by atoms with Crippen LogP contribution in [0.15, 0.2) is 35.1 Å². The maximum Gasteiger partial charge on any atom is 0.255 e. The van der Waals surface area contributed by atoms with Gasteiger partial charge in [0.2, 0.25) is 5.88 Å². The van der Waals surface area contributed by atoms with Crippen molar-refractivity contribution in [3.8, 4) is 11.6 Å². The van der Waals surface area contributed by atoms with E-state index in [4.69, 9.17) is 4.74 Å². The molecule has 19 heavy (non-hydrogen) atoms. The van der Waals surface area contributed by atoms with Crippen LogP contribution >= 0.6 is 15.9 Å². The average Bonchev–Trinajstić information content (AvgIpc) is 2.80. The highest BCUT2D eigenvalue weighted by molar-refractivity contribution is 9.10. The van der Waals surface area contributed by atoms with Crippen LogP contribution in [0.3, 0.4) is 0 Å². The molecular formula is C12H8BrFN4O. The van der Waals surface area contributed by atoms with Crippen molar-refractivity contribution < 1.29 is 9.13 Å². The van der Waals surface area contributed by atoms with E-state index < -0.39 is 0 Å². The molecule has 3 aromatic rings. The van der Waals surface area contributed by atoms with Crippen LogP contribution in [0.5, 0.6) is 11.6 Å². The van der Waals surface area contributed by atoms with Crippen LogP contribution in [0.4, 0.5) is 4.39 Å². The van der Waals surface area contributed by atoms with Crippen LogP contribution in [-0.2, 0) is 0 Å². The van der Waals surface area contributed by atoms with Crippen molar-refractivity contribution in [3.63, 3.8) is 0 Å². The molecule has 5 nitrogen and oxygen atoms in total. The van der Waals surface area contributed by atoms with E-state index in [0.717, 1.165) is 5.69 Å². The molecule has 0 bridgehead atoms. The number of benzene rings is 1. The molecule has 0 aliphatic carbocycles. The fourth-order valence-electron chi connectivity index (χ4n) is 1.64. The summed E-state index contributed by atoms with van der Waals surface area (Å²) in [4.78, 5) is 8.22. The highest BCUT2D eigenvalue weighted by Crippen LogP contribution is 2.30. The molecule has 0 saturated carbocycles. The van der Waals surface area contributed by atoms with Crippen molar-refractivity contribution in [3.05, 3.63) is 46.6 Å². The number of hydrogen-bond acceptors (Lipinski definition) is 4. The molecule has 0 atom stereocenters. The van der Waals surface area contributed by atoms with Gasteiger partial charge in [-0.2, -0.15) is 14.6 Å². The number of aromatic nitrogens is 4. The second kappa shape index (κ2) is 4.58. The van der Waals surface area contributed by atoms with Crippen molar-refractivity contribution in [2.45, 2.75) is 6.92 Å². The second-order valence-electron chi connectivity index (χ2n) is 3.88. The van der Waals surface area contributed by atoms with Gasteiger partial charge < -0.3 is 4.74 Å². The van der Waals surface area contributed by atoms with Gasteiger partial charge in [-0.15, -0.1) is 0 Å². The molecule has 0 N–H and O–H groups in total. The Labute approximate surface area is 116 Å². The second-order valence-corrected chi connectivity index (χ2v) is 4.74. The lowest BCUT2D eigenvalue weighted by Gasteiger charge is -2.09. The summed E-state index contributed by atoms with van der Waals surface area (Å²) in [6.07, 6.45) is 1.40. The normalized spacial score (nSPS) is 10.9. The quantitative estimate of drug-likeness (QED) is 0.727. The van der Waals surface area contributed by atoms with E-state index >= 15 is 0 Å². The van der Waals surface area contributed by atoms with E-state index in [9.17, 15) is 4.39 Å². The Morgan fingerprint density at radius 1 is 1.32 bits per heavy atom. The third-order valence-corrected chi connectivity index (χ3v) is 3.08. The number of ether oxygens (including phenoxy) is 1. The summed E-state index contributed by atoms with van der Waals surface area (Å²) in [6.45, 7) is 1.83. The number of aryl methyl sites for hydroxylation is 1. The largest absolute Gasteiger partial charge is 0.438 e. The summed E-state index contributed by atoms with van der Waals surface area (Å²) < 4.78 is 20.8. The molecule has 0 amide bonds. The van der Waals surface area contributed by atoms with Crippen molar-refractivity contribution in [1.29, 1.82) is 0 Å². The van der Waals surface area contributed by atoms with Crippen molar-refractivity contribution in [1.82, 2.24) is 19.6 Å². The van der Waals surface area contributed by atoms with E-state index in [2.05, 4.69) is 31.0 Å². The predicted octanol–water partition coefficient (Wildman–Crippen LogP) is 3.13. The van der Waals surface area contributed by atoms with Gasteiger partial charge in [0, 0.05) is 11.8 Å². The minimum atomic E-state index is -0.337. The number of nitrogens with zero attached hydrogens (tertiary/aromatic N) is 4. The Hall–Kier alpha value is -2.02. The first-order chi connectivity index (χ1) is 9.13. The zero-order valence-corrected chi connectivity index (χ0v) is 11.4. The van der Waals surface area contributed by atoms with E-state index in [1.54, 1.807) is 6.07 Å². The molecule has 0 saturated heterocycles. The molecule has 0 fully saturated rings. The van der Waals surface area contributed by atoms with Gasteiger partial charge in [0.25, 0.3) is 5.78 Å². The van der Waals surface area contributed by atoms with E-state index in [1.165, 1.54) is 29.0 Å². The molecule has 2 aromatic heterocycles. The standard InChI is InChI=1S/C12H8BrFN4O/c1-7-4-11(18-12(17-7)15-6-16-18)19-10-3-2-8(14)5-9(10)13/h2-6H,1H3. The highest BCUT2D eigenvalue weighted by Gasteiger charge is 2.10. The average molecular weight is 323 g/mol. The first-order valence-corrected chi connectivity index (χ1v) is 6.23. The van der Waals surface area contributed by atoms with Crippen molar-refractivity contribution >= 4 is 21.7 Å². The Kier molecular flexibility index (Phi) is 2.90. The van der Waals surface area contributed by atoms with Crippen LogP contribution in [0, 0.1) is 12.7 Å². The lowest BCUT2D eigenvalue weighted by atomic mass is 10.3. The molecule has 7 heteroatoms. The maximum atomic E-state index is 13.0. The molecule has 0 unspecified atom stereocenters. The Bertz CT molecular complexity index is 759. The van der Waals surface area contributed by atoms with Gasteiger partial charge in [-0.05, 0) is 41.1 Å². The van der Waals surface area contributed by atoms with Crippen molar-refractivity contribution in [2.75, 3.05) is 0 Å². The first kappa shape index (κ1) is 12.0. The molecule has 1 aromatic carbocycles. The highest BCUT2D eigenvalue weighted by atomic mass is 79.9. The van der Waals surface area contributed by atoms with Crippen LogP contribution < -0.4 is 4.74 Å². The maximum absolute atomic E-state index is 13.0. The number of hydrogen-bond donors (Lipinski definition) is 0. The fraction of sp³-hybridized carbons (Fsp3) is 0.0833. The summed E-state index contributed by atoms with van der Waals surface area (Å²) in [7, 11) is 0. The topological polar surface area (TPSA) is 52.3 Å². The van der Waals surface area contributed by atoms with Gasteiger partial charge in [-0.3, -0.25) is 0 Å². The first-order valence-electron chi connectivity index (χ1n) is 5.44. The van der Waals surface area contributed by atoms with Gasteiger partial charge in [-0.25, -0.2) is 9.37 Å². The third-order valence-electron chi connectivity index (χ3n) is 2.46. The zero-order chi connectivity index (χ0) is 13.4. The van der Waals surface area contributed by atoms with E-state index in [-0.39, 0.29) is 5.82 Å². The molecule has 2 heterocycles. The van der Waals surface area contributed by atoms with Gasteiger partial charge >= 0.3 is 0 Å². The Balaban J connectivity index is 2.07. The number of rotatable bonds is 2. The predicted molar refractivity (Wildman–Crippen MR) is 69.7 cm³/mol. The molecule has 0 spiro atoms. The molecule has 0 radical (unpaired) electrons. The molecule has 0 aliphatic heterocycles. The SMILES string of the molecule is Cc1cc(Oc2ccc(F)cc2Br)n2ncnc2n1. The van der Waals surface area contributed by atoms with Crippen LogP contribution in [0.25, 0.3) is 5.78 Å². The van der Waals surface area contributed by atoms with Gasteiger partial charge in [0.15, 0.2) is 0 Å². The summed E-state index contributed by atoms with van der Waals surface area (Å²) >= 11 is 3.25. The van der Waals surface area contributed by atoms with E-state index in [0.29, 0.717) is 21.9 Å². The minimum absolute atomic E-state index is 0.337. The summed E-state index contributed by atoms with van der Waals surface area (Å²) in [5.74, 6) is 1.07. The van der Waals surface area contributed by atoms with Gasteiger partial charge in [-0.1, -0.05) is 0 Å². The Morgan fingerprint density at radius 3 is 2.95 bits per heavy atom. The van der Waals surface area contributed by atoms with Crippen molar-refractivity contribution in [2.24, 2.45) is 0 Å². The summed E-state index contributed by atoms with van der Waals surface area (Å²) in [5.41, 5.74) is 0.758. The summed E-state index contributed by atoms with van der Waals surface area (Å²) in [6, 6.07) is 5.93. The van der Waals surface area contributed by atoms with Gasteiger partial charge in [0.05, 0.1) is 4.47 Å². The molecule has 96 valence electrons. The lowest BCUT2D eigenvalue weighted by molar-refractivity contribution is 0.441. The zero-order valence-electron chi connectivity index (χ0n) is 9.84. The third kappa shape index (κ3) is 2.28. The van der Waals surface area contributed by atoms with Gasteiger partial charge in [0.1, 0.15) is 17.9 Å². The number of fused-ring (bicyclic) bond motifs is 1. The number of halogens is 2. The molecule has 0 aliphatic rings. The fourth-order valence-corrected chi connectivity index (χ4v) is 2.07.